The Morgan fingerprint density at radius 3 is 2.46 bits per heavy atom. The third kappa shape index (κ3) is 10.4. The van der Waals surface area contributed by atoms with Crippen LogP contribution in [-0.2, 0) is 28.5 Å². The molecule has 0 unspecified atom stereocenters. The van der Waals surface area contributed by atoms with E-state index in [0.717, 1.165) is 5.33 Å². The van der Waals surface area contributed by atoms with Crippen LogP contribution in [-0.4, -0.2) is 56.4 Å². The highest BCUT2D eigenvalue weighted by atomic mass is 79.9. The third-order valence-electron chi connectivity index (χ3n) is 3.02. The van der Waals surface area contributed by atoms with Gasteiger partial charge >= 0.3 is 0 Å². The second-order valence-corrected chi connectivity index (χ2v) is 9.32. The van der Waals surface area contributed by atoms with Gasteiger partial charge in [-0.2, -0.15) is 13.5 Å². The summed E-state index contributed by atoms with van der Waals surface area (Å²) in [6.07, 6.45) is 4.69. The molecule has 10 nitrogen and oxygen atoms in total. The molecular formula is C16H26BrN6O4S+. The van der Waals surface area contributed by atoms with Crippen molar-refractivity contribution < 1.29 is 22.4 Å². The maximum Gasteiger partial charge on any atom is 0.288 e. The molecule has 0 saturated carbocycles. The molecule has 0 aliphatic rings. The highest BCUT2D eigenvalue weighted by Gasteiger charge is 2.13. The van der Waals surface area contributed by atoms with Crippen molar-refractivity contribution in [2.75, 3.05) is 17.6 Å². The van der Waals surface area contributed by atoms with E-state index < -0.39 is 21.8 Å². The summed E-state index contributed by atoms with van der Waals surface area (Å²) in [4.78, 5) is 15.7. The Kier molecular flexibility index (Phi) is 9.11. The number of carbonyl (C=O) groups excluding carboxylic acids is 1. The fourth-order valence-electron chi connectivity index (χ4n) is 1.60. The predicted octanol–water partition coefficient (Wildman–Crippen LogP) is 0.596. The molecule has 2 aromatic heterocycles. The normalized spacial score (nSPS) is 11.5. The number of aromatic nitrogens is 5. The number of halogens is 1. The lowest BCUT2D eigenvalue weighted by Gasteiger charge is -2.11. The van der Waals surface area contributed by atoms with Gasteiger partial charge in [0, 0.05) is 25.0 Å². The first-order chi connectivity index (χ1) is 12.9. The molecule has 1 amide bonds. The van der Waals surface area contributed by atoms with Gasteiger partial charge in [-0.25, -0.2) is 4.98 Å². The molecule has 0 saturated heterocycles. The first-order valence-electron chi connectivity index (χ1n) is 8.39. The van der Waals surface area contributed by atoms with Gasteiger partial charge in [-0.05, 0) is 10.5 Å². The number of hydrogen-bond donors (Lipinski definition) is 2. The van der Waals surface area contributed by atoms with Crippen LogP contribution in [0.5, 0.6) is 0 Å². The van der Waals surface area contributed by atoms with Crippen molar-refractivity contribution >= 4 is 32.0 Å². The van der Waals surface area contributed by atoms with E-state index in [1.807, 2.05) is 0 Å². The molecule has 0 spiro atoms. The van der Waals surface area contributed by atoms with E-state index in [2.05, 4.69) is 57.2 Å². The number of alkyl halides is 1. The number of rotatable bonds is 6. The Hall–Kier alpha value is -1.92. The lowest BCUT2D eigenvalue weighted by atomic mass is 10.0. The van der Waals surface area contributed by atoms with E-state index >= 15 is 0 Å². The van der Waals surface area contributed by atoms with Crippen molar-refractivity contribution in [3.63, 3.8) is 0 Å². The second-order valence-electron chi connectivity index (χ2n) is 7.19. The molecule has 0 aliphatic heterocycles. The van der Waals surface area contributed by atoms with Gasteiger partial charge in [-0.1, -0.05) is 41.4 Å². The van der Waals surface area contributed by atoms with E-state index in [-0.39, 0.29) is 13.1 Å². The summed E-state index contributed by atoms with van der Waals surface area (Å²) in [6, 6.07) is 1.72. The Balaban J connectivity index is 0.000000568. The zero-order chi connectivity index (χ0) is 21.4. The van der Waals surface area contributed by atoms with Crippen LogP contribution in [0, 0.1) is 5.41 Å². The average molecular weight is 478 g/mol. The van der Waals surface area contributed by atoms with Crippen molar-refractivity contribution in [3.8, 4) is 11.4 Å². The highest BCUT2D eigenvalue weighted by Crippen LogP contribution is 2.14. The Morgan fingerprint density at radius 1 is 1.39 bits per heavy atom. The molecule has 0 radical (unpaired) electrons. The summed E-state index contributed by atoms with van der Waals surface area (Å²) in [5, 5.41) is 11.6. The topological polar surface area (TPSA) is 131 Å². The smallest absolute Gasteiger partial charge is 0.288 e. The quantitative estimate of drug-likeness (QED) is 0.353. The van der Waals surface area contributed by atoms with Gasteiger partial charge in [-0.15, -0.1) is 0 Å². The van der Waals surface area contributed by atoms with E-state index in [0.29, 0.717) is 16.8 Å². The van der Waals surface area contributed by atoms with Crippen molar-refractivity contribution in [1.82, 2.24) is 25.2 Å². The molecule has 2 rings (SSSR count). The number of hydrogen-bond acceptors (Lipinski definition) is 6. The first kappa shape index (κ1) is 24.1. The zero-order valence-electron chi connectivity index (χ0n) is 16.3. The van der Waals surface area contributed by atoms with Gasteiger partial charge in [0.05, 0.1) is 11.3 Å². The maximum atomic E-state index is 11.6. The molecule has 28 heavy (non-hydrogen) atoms. The number of amides is 1. The minimum atomic E-state index is -4.08. The summed E-state index contributed by atoms with van der Waals surface area (Å²) < 4.78 is 32.5. The first-order valence-corrected chi connectivity index (χ1v) is 11.1. The molecule has 0 aromatic carbocycles. The summed E-state index contributed by atoms with van der Waals surface area (Å²) >= 11 is 3.37. The van der Waals surface area contributed by atoms with Crippen LogP contribution < -0.4 is 10.00 Å². The van der Waals surface area contributed by atoms with Gasteiger partial charge in [0.15, 0.2) is 12.0 Å². The van der Waals surface area contributed by atoms with Crippen LogP contribution in [0.3, 0.4) is 0 Å². The molecule has 0 fully saturated rings. The molecule has 2 aromatic rings. The van der Waals surface area contributed by atoms with Crippen molar-refractivity contribution in [1.29, 1.82) is 0 Å². The minimum Gasteiger partial charge on any atom is -0.349 e. The van der Waals surface area contributed by atoms with Crippen molar-refractivity contribution in [2.24, 2.45) is 12.5 Å². The molecule has 0 atom stereocenters. The molecule has 12 heteroatoms. The third-order valence-corrected chi connectivity index (χ3v) is 5.42. The van der Waals surface area contributed by atoms with Crippen LogP contribution in [0.2, 0.25) is 0 Å². The number of carbonyl (C=O) groups is 1. The SMILES string of the molecule is CC(C)(C)CBr.Cn1cnc(-c2cc[n+](CC(=O)NCCS(=O)(=O)O)nc2)n1. The Bertz CT molecular complexity index is 862. The van der Waals surface area contributed by atoms with Gasteiger partial charge in [0.1, 0.15) is 12.5 Å². The van der Waals surface area contributed by atoms with Gasteiger partial charge in [-0.3, -0.25) is 14.0 Å². The lowest BCUT2D eigenvalue weighted by molar-refractivity contribution is -0.742. The van der Waals surface area contributed by atoms with E-state index in [1.54, 1.807) is 30.3 Å². The molecule has 0 bridgehead atoms. The number of nitrogens with zero attached hydrogens (tertiary/aromatic N) is 5. The average Bonchev–Trinajstić information content (AvgIpc) is 3.01. The van der Waals surface area contributed by atoms with Crippen molar-refractivity contribution in [3.05, 3.63) is 24.8 Å². The molecule has 2 heterocycles. The van der Waals surface area contributed by atoms with E-state index in [9.17, 15) is 13.2 Å². The van der Waals surface area contributed by atoms with Crippen LogP contribution in [0.1, 0.15) is 20.8 Å². The highest BCUT2D eigenvalue weighted by molar-refractivity contribution is 9.09. The van der Waals surface area contributed by atoms with Crippen LogP contribution >= 0.6 is 15.9 Å². The van der Waals surface area contributed by atoms with E-state index in [1.165, 1.54) is 10.9 Å². The zero-order valence-corrected chi connectivity index (χ0v) is 18.7. The second kappa shape index (κ2) is 10.6. The van der Waals surface area contributed by atoms with E-state index in [4.69, 9.17) is 4.55 Å². The number of nitrogens with one attached hydrogen (secondary N) is 1. The molecular weight excluding hydrogens is 452 g/mol. The standard InChI is InChI=1S/C11H14N6O4S.C5H11Br/c1-16-8-13-11(15-16)9-2-4-17(14-6-9)7-10(18)12-3-5-22(19,20)21;1-5(2,3)4-6/h2,4,6,8H,3,5,7H2,1H3,(H-,12,18,19,20,21);4H2,1-3H3/p+1. The van der Waals surface area contributed by atoms with Gasteiger partial charge in [0.25, 0.3) is 22.6 Å². The van der Waals surface area contributed by atoms with Gasteiger partial charge in [0.2, 0.25) is 0 Å². The summed E-state index contributed by atoms with van der Waals surface area (Å²) in [6.45, 7) is 6.36. The summed E-state index contributed by atoms with van der Waals surface area (Å²) in [5.74, 6) is -0.411. The fraction of sp³-hybridized carbons (Fsp3) is 0.562. The minimum absolute atomic E-state index is 0.0681. The Labute approximate surface area is 173 Å². The van der Waals surface area contributed by atoms with Gasteiger partial charge < -0.3 is 5.32 Å². The molecule has 156 valence electrons. The monoisotopic (exact) mass is 477 g/mol. The summed E-state index contributed by atoms with van der Waals surface area (Å²) in [5.41, 5.74) is 1.17. The van der Waals surface area contributed by atoms with Crippen LogP contribution in [0.4, 0.5) is 0 Å². The fourth-order valence-corrected chi connectivity index (χ4v) is 1.96. The Morgan fingerprint density at radius 2 is 2.04 bits per heavy atom. The molecule has 0 aliphatic carbocycles. The maximum absolute atomic E-state index is 11.6. The molecule has 2 N–H and O–H groups in total. The van der Waals surface area contributed by atoms with Crippen LogP contribution in [0.25, 0.3) is 11.4 Å². The van der Waals surface area contributed by atoms with Crippen LogP contribution in [0.15, 0.2) is 24.8 Å². The lowest BCUT2D eigenvalue weighted by Crippen LogP contribution is -2.46. The van der Waals surface area contributed by atoms with Crippen molar-refractivity contribution in [2.45, 2.75) is 27.3 Å². The predicted molar refractivity (Wildman–Crippen MR) is 107 cm³/mol. The largest absolute Gasteiger partial charge is 0.349 e. The summed E-state index contributed by atoms with van der Waals surface area (Å²) in [7, 11) is -2.33. The number of aryl methyl sites for hydroxylation is 1.